The van der Waals surface area contributed by atoms with Gasteiger partial charge in [0, 0.05) is 25.5 Å². The highest BCUT2D eigenvalue weighted by atomic mass is 16.5. The quantitative estimate of drug-likeness (QED) is 0.723. The molecule has 6 heteroatoms. The molecule has 0 spiro atoms. The van der Waals surface area contributed by atoms with Crippen molar-refractivity contribution in [1.29, 1.82) is 0 Å². The van der Waals surface area contributed by atoms with Gasteiger partial charge in [0.1, 0.15) is 5.75 Å². The number of benzene rings is 1. The minimum absolute atomic E-state index is 0.217. The second-order valence-corrected chi connectivity index (χ2v) is 5.60. The van der Waals surface area contributed by atoms with Crippen LogP contribution in [0.4, 0.5) is 0 Å². The van der Waals surface area contributed by atoms with Crippen molar-refractivity contribution < 1.29 is 14.3 Å². The van der Waals surface area contributed by atoms with Gasteiger partial charge in [-0.2, -0.15) is 0 Å². The number of unbranched alkanes of at least 4 members (excludes halogenated alkanes) is 1. The predicted octanol–water partition coefficient (Wildman–Crippen LogP) is 2.55. The average Bonchev–Trinajstić information content (AvgIpc) is 2.66. The van der Waals surface area contributed by atoms with Crippen LogP contribution in [0, 0.1) is 0 Å². The van der Waals surface area contributed by atoms with E-state index in [4.69, 9.17) is 4.74 Å². The van der Waals surface area contributed by atoms with Crippen LogP contribution in [-0.2, 0) is 6.54 Å². The third kappa shape index (κ3) is 5.60. The minimum atomic E-state index is -0.272. The zero-order valence-corrected chi connectivity index (χ0v) is 14.5. The van der Waals surface area contributed by atoms with E-state index in [1.807, 2.05) is 24.3 Å². The fourth-order valence-corrected chi connectivity index (χ4v) is 2.20. The van der Waals surface area contributed by atoms with Crippen LogP contribution in [-0.4, -0.2) is 30.5 Å². The molecule has 2 aromatic rings. The van der Waals surface area contributed by atoms with Crippen LogP contribution < -0.4 is 15.4 Å². The second-order valence-electron chi connectivity index (χ2n) is 5.60. The van der Waals surface area contributed by atoms with E-state index >= 15 is 0 Å². The van der Waals surface area contributed by atoms with Crippen LogP contribution in [0.5, 0.6) is 5.75 Å². The van der Waals surface area contributed by atoms with Gasteiger partial charge in [-0.05, 0) is 30.2 Å². The summed E-state index contributed by atoms with van der Waals surface area (Å²) in [7, 11) is 1.61. The number of nitrogens with zero attached hydrogens (tertiary/aromatic N) is 1. The van der Waals surface area contributed by atoms with Crippen molar-refractivity contribution in [3.8, 4) is 5.75 Å². The number of amides is 2. The molecule has 25 heavy (non-hydrogen) atoms. The normalized spacial score (nSPS) is 10.2. The highest BCUT2D eigenvalue weighted by molar-refractivity contribution is 5.99. The molecular formula is C19H23N3O3. The topological polar surface area (TPSA) is 80.3 Å². The number of methoxy groups -OCH3 is 1. The summed E-state index contributed by atoms with van der Waals surface area (Å²) in [4.78, 5) is 28.3. The van der Waals surface area contributed by atoms with Gasteiger partial charge < -0.3 is 15.4 Å². The van der Waals surface area contributed by atoms with Gasteiger partial charge in [-0.1, -0.05) is 25.5 Å². The molecule has 132 valence electrons. The molecule has 0 bridgehead atoms. The lowest BCUT2D eigenvalue weighted by molar-refractivity contribution is 0.0950. The lowest BCUT2D eigenvalue weighted by Crippen LogP contribution is -2.26. The third-order valence-corrected chi connectivity index (χ3v) is 3.69. The van der Waals surface area contributed by atoms with Crippen molar-refractivity contribution in [3.63, 3.8) is 0 Å². The fraction of sp³-hybridized carbons (Fsp3) is 0.316. The van der Waals surface area contributed by atoms with Crippen LogP contribution >= 0.6 is 0 Å². The first-order valence-electron chi connectivity index (χ1n) is 8.28. The van der Waals surface area contributed by atoms with Gasteiger partial charge in [0.05, 0.1) is 18.2 Å². The van der Waals surface area contributed by atoms with E-state index in [9.17, 15) is 9.59 Å². The molecule has 0 radical (unpaired) electrons. The van der Waals surface area contributed by atoms with Gasteiger partial charge >= 0.3 is 0 Å². The van der Waals surface area contributed by atoms with E-state index in [0.717, 1.165) is 24.2 Å². The Hall–Kier alpha value is -2.89. The summed E-state index contributed by atoms with van der Waals surface area (Å²) >= 11 is 0. The minimum Gasteiger partial charge on any atom is -0.497 e. The lowest BCUT2D eigenvalue weighted by atomic mass is 10.1. The van der Waals surface area contributed by atoms with Gasteiger partial charge in [0.2, 0.25) is 0 Å². The Bertz CT molecular complexity index is 714. The van der Waals surface area contributed by atoms with Gasteiger partial charge in [-0.25, -0.2) is 0 Å². The number of pyridine rings is 1. The highest BCUT2D eigenvalue weighted by Gasteiger charge is 2.11. The number of aromatic nitrogens is 1. The van der Waals surface area contributed by atoms with E-state index in [0.29, 0.717) is 24.2 Å². The number of rotatable bonds is 8. The number of nitrogens with one attached hydrogen (secondary N) is 2. The maximum atomic E-state index is 12.3. The molecule has 2 amide bonds. The number of ether oxygens (including phenoxy) is 1. The number of carbonyl (C=O) groups is 2. The summed E-state index contributed by atoms with van der Waals surface area (Å²) in [5.41, 5.74) is 1.69. The molecule has 1 aromatic carbocycles. The molecule has 0 saturated carbocycles. The van der Waals surface area contributed by atoms with Crippen LogP contribution in [0.1, 0.15) is 46.0 Å². The van der Waals surface area contributed by atoms with Crippen molar-refractivity contribution in [2.45, 2.75) is 26.3 Å². The van der Waals surface area contributed by atoms with E-state index in [-0.39, 0.29) is 11.8 Å². The van der Waals surface area contributed by atoms with Crippen molar-refractivity contribution in [3.05, 3.63) is 59.4 Å². The predicted molar refractivity (Wildman–Crippen MR) is 95.6 cm³/mol. The molecule has 0 aliphatic rings. The summed E-state index contributed by atoms with van der Waals surface area (Å²) < 4.78 is 5.10. The number of hydrogen-bond acceptors (Lipinski definition) is 4. The summed E-state index contributed by atoms with van der Waals surface area (Å²) in [6.07, 6.45) is 4.83. The summed E-state index contributed by atoms with van der Waals surface area (Å²) in [6, 6.07) is 9.00. The first-order valence-corrected chi connectivity index (χ1v) is 8.28. The van der Waals surface area contributed by atoms with E-state index < -0.39 is 0 Å². The number of carbonyl (C=O) groups excluding carboxylic acids is 2. The maximum Gasteiger partial charge on any atom is 0.253 e. The Morgan fingerprint density at radius 1 is 1.04 bits per heavy atom. The molecule has 0 saturated heterocycles. The van der Waals surface area contributed by atoms with E-state index in [1.165, 1.54) is 12.4 Å². The van der Waals surface area contributed by atoms with Crippen LogP contribution in [0.3, 0.4) is 0 Å². The molecule has 1 heterocycles. The third-order valence-electron chi connectivity index (χ3n) is 3.69. The van der Waals surface area contributed by atoms with Gasteiger partial charge in [-0.15, -0.1) is 0 Å². The molecule has 2 N–H and O–H groups in total. The first kappa shape index (κ1) is 18.4. The molecule has 0 aliphatic carbocycles. The number of hydrogen-bond donors (Lipinski definition) is 2. The van der Waals surface area contributed by atoms with Crippen LogP contribution in [0.25, 0.3) is 0 Å². The molecule has 0 atom stereocenters. The smallest absolute Gasteiger partial charge is 0.253 e. The zero-order chi connectivity index (χ0) is 18.1. The van der Waals surface area contributed by atoms with Crippen LogP contribution in [0.15, 0.2) is 42.7 Å². The molecule has 6 nitrogen and oxygen atoms in total. The molecule has 0 aliphatic heterocycles. The summed E-state index contributed by atoms with van der Waals surface area (Å²) in [5.74, 6) is 0.276. The standard InChI is InChI=1S/C19H23N3O3/c1-3-4-9-21-18(23)15-10-16(13-20-12-15)19(24)22-11-14-5-7-17(25-2)8-6-14/h5-8,10,12-13H,3-4,9,11H2,1-2H3,(H,21,23)(H,22,24). The molecule has 2 rings (SSSR count). The van der Waals surface area contributed by atoms with Crippen molar-refractivity contribution in [2.24, 2.45) is 0 Å². The Labute approximate surface area is 147 Å². The Kier molecular flexibility index (Phi) is 6.95. The first-order chi connectivity index (χ1) is 12.1. The lowest BCUT2D eigenvalue weighted by Gasteiger charge is -2.08. The van der Waals surface area contributed by atoms with Crippen molar-refractivity contribution in [2.75, 3.05) is 13.7 Å². The average molecular weight is 341 g/mol. The second kappa shape index (κ2) is 9.42. The van der Waals surface area contributed by atoms with Gasteiger partial charge in [-0.3, -0.25) is 14.6 Å². The van der Waals surface area contributed by atoms with Gasteiger partial charge in [0.15, 0.2) is 0 Å². The fourth-order valence-electron chi connectivity index (χ4n) is 2.20. The molecule has 0 unspecified atom stereocenters. The van der Waals surface area contributed by atoms with E-state index in [1.54, 1.807) is 13.2 Å². The van der Waals surface area contributed by atoms with Gasteiger partial charge in [0.25, 0.3) is 11.8 Å². The van der Waals surface area contributed by atoms with Crippen molar-refractivity contribution >= 4 is 11.8 Å². The largest absolute Gasteiger partial charge is 0.497 e. The molecule has 1 aromatic heterocycles. The maximum absolute atomic E-state index is 12.3. The SMILES string of the molecule is CCCCNC(=O)c1cncc(C(=O)NCc2ccc(OC)cc2)c1. The molecule has 0 fully saturated rings. The molecular weight excluding hydrogens is 318 g/mol. The van der Waals surface area contributed by atoms with E-state index in [2.05, 4.69) is 22.5 Å². The van der Waals surface area contributed by atoms with Crippen LogP contribution in [0.2, 0.25) is 0 Å². The van der Waals surface area contributed by atoms with Crippen molar-refractivity contribution in [1.82, 2.24) is 15.6 Å². The monoisotopic (exact) mass is 341 g/mol. The Morgan fingerprint density at radius 3 is 2.28 bits per heavy atom. The Balaban J connectivity index is 1.94. The summed E-state index contributed by atoms with van der Waals surface area (Å²) in [6.45, 7) is 3.06. The summed E-state index contributed by atoms with van der Waals surface area (Å²) in [5, 5.41) is 5.63. The highest BCUT2D eigenvalue weighted by Crippen LogP contribution is 2.11. The Morgan fingerprint density at radius 2 is 1.68 bits per heavy atom. The zero-order valence-electron chi connectivity index (χ0n) is 14.5.